The van der Waals surface area contributed by atoms with Gasteiger partial charge in [0, 0.05) is 17.5 Å². The minimum atomic E-state index is -0.00294. The zero-order chi connectivity index (χ0) is 11.6. The SMILES string of the molecule is Cc1cccc(C(=O)NCC2(C)COC2)c1. The average Bonchev–Trinajstić information content (AvgIpc) is 2.23. The van der Waals surface area contributed by atoms with Gasteiger partial charge in [0.25, 0.3) is 5.91 Å². The van der Waals surface area contributed by atoms with E-state index in [1.54, 1.807) is 0 Å². The Kier molecular flexibility index (Phi) is 2.97. The smallest absolute Gasteiger partial charge is 0.251 e. The van der Waals surface area contributed by atoms with E-state index in [0.29, 0.717) is 6.54 Å². The largest absolute Gasteiger partial charge is 0.380 e. The topological polar surface area (TPSA) is 38.3 Å². The first-order valence-electron chi connectivity index (χ1n) is 5.52. The van der Waals surface area contributed by atoms with Crippen molar-refractivity contribution in [3.8, 4) is 0 Å². The number of benzene rings is 1. The van der Waals surface area contributed by atoms with Crippen molar-refractivity contribution in [2.75, 3.05) is 19.8 Å². The monoisotopic (exact) mass is 219 g/mol. The van der Waals surface area contributed by atoms with E-state index >= 15 is 0 Å². The maximum atomic E-state index is 11.8. The van der Waals surface area contributed by atoms with Crippen LogP contribution in [0.4, 0.5) is 0 Å². The molecule has 1 N–H and O–H groups in total. The molecule has 1 aromatic rings. The van der Waals surface area contributed by atoms with Crippen LogP contribution in [0.2, 0.25) is 0 Å². The van der Waals surface area contributed by atoms with Crippen LogP contribution in [-0.4, -0.2) is 25.7 Å². The average molecular weight is 219 g/mol. The summed E-state index contributed by atoms with van der Waals surface area (Å²) in [5.41, 5.74) is 1.95. The summed E-state index contributed by atoms with van der Waals surface area (Å²) >= 11 is 0. The molecule has 0 unspecified atom stereocenters. The third kappa shape index (κ3) is 2.42. The van der Waals surface area contributed by atoms with E-state index in [1.165, 1.54) is 0 Å². The fraction of sp³-hybridized carbons (Fsp3) is 0.462. The van der Waals surface area contributed by atoms with Gasteiger partial charge >= 0.3 is 0 Å². The van der Waals surface area contributed by atoms with Crippen LogP contribution in [0.1, 0.15) is 22.8 Å². The molecule has 0 atom stereocenters. The van der Waals surface area contributed by atoms with Crippen molar-refractivity contribution < 1.29 is 9.53 Å². The van der Waals surface area contributed by atoms with Crippen LogP contribution < -0.4 is 5.32 Å². The highest BCUT2D eigenvalue weighted by molar-refractivity contribution is 5.94. The van der Waals surface area contributed by atoms with Crippen molar-refractivity contribution in [1.29, 1.82) is 0 Å². The molecule has 0 spiro atoms. The summed E-state index contributed by atoms with van der Waals surface area (Å²) < 4.78 is 5.14. The minimum Gasteiger partial charge on any atom is -0.380 e. The summed E-state index contributed by atoms with van der Waals surface area (Å²) in [7, 11) is 0. The second kappa shape index (κ2) is 4.26. The predicted molar refractivity (Wildman–Crippen MR) is 62.4 cm³/mol. The molecule has 1 aliphatic heterocycles. The van der Waals surface area contributed by atoms with Crippen molar-refractivity contribution in [2.45, 2.75) is 13.8 Å². The number of aryl methyl sites for hydroxylation is 1. The summed E-state index contributed by atoms with van der Waals surface area (Å²) in [4.78, 5) is 11.8. The molecule has 1 aromatic carbocycles. The Morgan fingerprint density at radius 3 is 2.81 bits per heavy atom. The van der Waals surface area contributed by atoms with E-state index < -0.39 is 0 Å². The van der Waals surface area contributed by atoms with E-state index in [-0.39, 0.29) is 11.3 Å². The molecule has 2 rings (SSSR count). The number of amides is 1. The molecule has 0 aromatic heterocycles. The first-order valence-corrected chi connectivity index (χ1v) is 5.52. The van der Waals surface area contributed by atoms with Gasteiger partial charge in [0.1, 0.15) is 0 Å². The summed E-state index contributed by atoms with van der Waals surface area (Å²) in [6.07, 6.45) is 0. The summed E-state index contributed by atoms with van der Waals surface area (Å²) in [6, 6.07) is 7.62. The molecule has 0 bridgehead atoms. The van der Waals surface area contributed by atoms with Crippen molar-refractivity contribution in [2.24, 2.45) is 5.41 Å². The van der Waals surface area contributed by atoms with E-state index in [2.05, 4.69) is 12.2 Å². The Labute approximate surface area is 95.8 Å². The molecule has 1 heterocycles. The van der Waals surface area contributed by atoms with Gasteiger partial charge < -0.3 is 10.1 Å². The molecule has 3 nitrogen and oxygen atoms in total. The number of ether oxygens (including phenoxy) is 1. The van der Waals surface area contributed by atoms with Gasteiger partial charge in [-0.25, -0.2) is 0 Å². The predicted octanol–water partition coefficient (Wildman–Crippen LogP) is 1.76. The maximum absolute atomic E-state index is 11.8. The molecule has 0 saturated carbocycles. The minimum absolute atomic E-state index is 0.00294. The fourth-order valence-corrected chi connectivity index (χ4v) is 1.73. The lowest BCUT2D eigenvalue weighted by Gasteiger charge is -2.38. The van der Waals surface area contributed by atoms with Crippen LogP contribution in [0, 0.1) is 12.3 Å². The van der Waals surface area contributed by atoms with Crippen LogP contribution in [-0.2, 0) is 4.74 Å². The quantitative estimate of drug-likeness (QED) is 0.841. The van der Waals surface area contributed by atoms with Gasteiger partial charge in [-0.2, -0.15) is 0 Å². The lowest BCUT2D eigenvalue weighted by Crippen LogP contribution is -2.48. The van der Waals surface area contributed by atoms with E-state index in [1.807, 2.05) is 31.2 Å². The van der Waals surface area contributed by atoms with Crippen LogP contribution in [0.15, 0.2) is 24.3 Å². The highest BCUT2D eigenvalue weighted by Crippen LogP contribution is 2.25. The van der Waals surface area contributed by atoms with Crippen molar-refractivity contribution >= 4 is 5.91 Å². The lowest BCUT2D eigenvalue weighted by atomic mass is 9.88. The normalized spacial score (nSPS) is 17.6. The molecule has 16 heavy (non-hydrogen) atoms. The molecule has 86 valence electrons. The molecule has 1 aliphatic rings. The highest BCUT2D eigenvalue weighted by Gasteiger charge is 2.33. The van der Waals surface area contributed by atoms with Gasteiger partial charge in [-0.3, -0.25) is 4.79 Å². The molecule has 1 fully saturated rings. The van der Waals surface area contributed by atoms with Crippen LogP contribution >= 0.6 is 0 Å². The Hall–Kier alpha value is -1.35. The fourth-order valence-electron chi connectivity index (χ4n) is 1.73. The van der Waals surface area contributed by atoms with Crippen molar-refractivity contribution in [3.63, 3.8) is 0 Å². The molecule has 3 heteroatoms. The van der Waals surface area contributed by atoms with Gasteiger partial charge in [-0.15, -0.1) is 0 Å². The van der Waals surface area contributed by atoms with Gasteiger partial charge in [0.15, 0.2) is 0 Å². The zero-order valence-corrected chi connectivity index (χ0v) is 9.75. The number of hydrogen-bond acceptors (Lipinski definition) is 2. The van der Waals surface area contributed by atoms with Gasteiger partial charge in [0.2, 0.25) is 0 Å². The Morgan fingerprint density at radius 2 is 2.25 bits per heavy atom. The standard InChI is InChI=1S/C13H17NO2/c1-10-4-3-5-11(6-10)12(15)14-7-13(2)8-16-9-13/h3-6H,7-9H2,1-2H3,(H,14,15). The number of rotatable bonds is 3. The highest BCUT2D eigenvalue weighted by atomic mass is 16.5. The Bertz CT molecular complexity index is 397. The Balaban J connectivity index is 1.93. The van der Waals surface area contributed by atoms with Crippen molar-refractivity contribution in [1.82, 2.24) is 5.32 Å². The second-order valence-electron chi connectivity index (χ2n) is 4.86. The molecular formula is C13H17NO2. The van der Waals surface area contributed by atoms with Crippen LogP contribution in [0.25, 0.3) is 0 Å². The number of carbonyl (C=O) groups excluding carboxylic acids is 1. The van der Waals surface area contributed by atoms with Crippen LogP contribution in [0.5, 0.6) is 0 Å². The number of carbonyl (C=O) groups is 1. The first kappa shape index (κ1) is 11.1. The third-order valence-electron chi connectivity index (χ3n) is 2.86. The lowest BCUT2D eigenvalue weighted by molar-refractivity contribution is -0.0978. The second-order valence-corrected chi connectivity index (χ2v) is 4.86. The molecular weight excluding hydrogens is 202 g/mol. The Morgan fingerprint density at radius 1 is 1.50 bits per heavy atom. The summed E-state index contributed by atoms with van der Waals surface area (Å²) in [6.45, 7) is 6.26. The third-order valence-corrected chi connectivity index (χ3v) is 2.86. The van der Waals surface area contributed by atoms with E-state index in [4.69, 9.17) is 4.74 Å². The van der Waals surface area contributed by atoms with Gasteiger partial charge in [-0.1, -0.05) is 24.6 Å². The van der Waals surface area contributed by atoms with E-state index in [9.17, 15) is 4.79 Å². The van der Waals surface area contributed by atoms with Gasteiger partial charge in [-0.05, 0) is 19.1 Å². The van der Waals surface area contributed by atoms with Crippen molar-refractivity contribution in [3.05, 3.63) is 35.4 Å². The molecule has 1 saturated heterocycles. The summed E-state index contributed by atoms with van der Waals surface area (Å²) in [5, 5.41) is 2.95. The van der Waals surface area contributed by atoms with Gasteiger partial charge in [0.05, 0.1) is 13.2 Å². The molecule has 1 amide bonds. The maximum Gasteiger partial charge on any atom is 0.251 e. The molecule has 0 radical (unpaired) electrons. The number of hydrogen-bond donors (Lipinski definition) is 1. The summed E-state index contributed by atoms with van der Waals surface area (Å²) in [5.74, 6) is -0.00294. The number of nitrogens with one attached hydrogen (secondary N) is 1. The zero-order valence-electron chi connectivity index (χ0n) is 9.75. The molecule has 0 aliphatic carbocycles. The van der Waals surface area contributed by atoms with E-state index in [0.717, 1.165) is 24.3 Å². The first-order chi connectivity index (χ1) is 7.59. The van der Waals surface area contributed by atoms with Crippen LogP contribution in [0.3, 0.4) is 0 Å².